The van der Waals surface area contributed by atoms with Crippen molar-refractivity contribution in [1.82, 2.24) is 10.3 Å². The Morgan fingerprint density at radius 1 is 1.30 bits per heavy atom. The van der Waals surface area contributed by atoms with E-state index in [2.05, 4.69) is 5.32 Å². The Labute approximate surface area is 123 Å². The molecule has 0 fully saturated rings. The standard InChI is InChI=1S/C16H19FN2S/c1-10-9-11(7-8-12(10)17)15(18-2)16-19-13-5-3-4-6-14(13)20-16/h7-9,15,18H,3-6H2,1-2H3. The van der Waals surface area contributed by atoms with E-state index in [-0.39, 0.29) is 11.9 Å². The Hall–Kier alpha value is -1.26. The monoisotopic (exact) mass is 290 g/mol. The largest absolute Gasteiger partial charge is 0.307 e. The highest BCUT2D eigenvalue weighted by atomic mass is 32.1. The van der Waals surface area contributed by atoms with Crippen LogP contribution in [0.1, 0.15) is 45.6 Å². The predicted octanol–water partition coefficient (Wildman–Crippen LogP) is 3.78. The molecule has 1 N–H and O–H groups in total. The van der Waals surface area contributed by atoms with Gasteiger partial charge in [0.1, 0.15) is 10.8 Å². The van der Waals surface area contributed by atoms with Crippen molar-refractivity contribution >= 4 is 11.3 Å². The third-order valence-electron chi connectivity index (χ3n) is 3.91. The predicted molar refractivity (Wildman–Crippen MR) is 80.8 cm³/mol. The molecular formula is C16H19FN2S. The van der Waals surface area contributed by atoms with E-state index in [4.69, 9.17) is 4.98 Å². The Balaban J connectivity index is 1.96. The Morgan fingerprint density at radius 3 is 2.80 bits per heavy atom. The van der Waals surface area contributed by atoms with Gasteiger partial charge in [-0.3, -0.25) is 0 Å². The van der Waals surface area contributed by atoms with E-state index < -0.39 is 0 Å². The number of rotatable bonds is 3. The highest BCUT2D eigenvalue weighted by Gasteiger charge is 2.21. The zero-order valence-electron chi connectivity index (χ0n) is 11.9. The molecule has 20 heavy (non-hydrogen) atoms. The fourth-order valence-corrected chi connectivity index (χ4v) is 4.07. The van der Waals surface area contributed by atoms with Crippen molar-refractivity contribution in [2.75, 3.05) is 7.05 Å². The summed E-state index contributed by atoms with van der Waals surface area (Å²) in [7, 11) is 1.93. The molecule has 0 saturated carbocycles. The number of halogens is 1. The molecule has 4 heteroatoms. The second kappa shape index (κ2) is 5.62. The molecule has 3 rings (SSSR count). The van der Waals surface area contributed by atoms with Crippen LogP contribution < -0.4 is 5.32 Å². The number of fused-ring (bicyclic) bond motifs is 1. The molecule has 0 radical (unpaired) electrons. The van der Waals surface area contributed by atoms with Gasteiger partial charge in [0.2, 0.25) is 0 Å². The molecule has 1 aromatic carbocycles. The van der Waals surface area contributed by atoms with E-state index in [1.54, 1.807) is 24.3 Å². The summed E-state index contributed by atoms with van der Waals surface area (Å²) in [6, 6.07) is 5.37. The van der Waals surface area contributed by atoms with Crippen LogP contribution in [0.25, 0.3) is 0 Å². The second-order valence-electron chi connectivity index (χ2n) is 5.36. The van der Waals surface area contributed by atoms with Gasteiger partial charge in [-0.25, -0.2) is 9.37 Å². The van der Waals surface area contributed by atoms with Crippen LogP contribution in [-0.4, -0.2) is 12.0 Å². The van der Waals surface area contributed by atoms with Gasteiger partial charge in [-0.05, 0) is 56.8 Å². The zero-order valence-corrected chi connectivity index (χ0v) is 12.7. The number of aromatic nitrogens is 1. The van der Waals surface area contributed by atoms with E-state index in [1.165, 1.54) is 23.4 Å². The van der Waals surface area contributed by atoms with Crippen LogP contribution in [0.5, 0.6) is 0 Å². The minimum absolute atomic E-state index is 0.0601. The molecular weight excluding hydrogens is 271 g/mol. The van der Waals surface area contributed by atoms with Crippen LogP contribution in [0.15, 0.2) is 18.2 Å². The fraction of sp³-hybridized carbons (Fsp3) is 0.438. The Morgan fingerprint density at radius 2 is 2.10 bits per heavy atom. The first-order valence-corrected chi connectivity index (χ1v) is 7.92. The summed E-state index contributed by atoms with van der Waals surface area (Å²) < 4.78 is 13.4. The zero-order chi connectivity index (χ0) is 14.1. The lowest BCUT2D eigenvalue weighted by molar-refractivity contribution is 0.613. The molecule has 1 atom stereocenters. The third kappa shape index (κ3) is 2.50. The van der Waals surface area contributed by atoms with Crippen molar-refractivity contribution in [1.29, 1.82) is 0 Å². The van der Waals surface area contributed by atoms with Crippen molar-refractivity contribution in [2.45, 2.75) is 38.6 Å². The smallest absolute Gasteiger partial charge is 0.126 e. The normalized spacial score (nSPS) is 15.9. The second-order valence-corrected chi connectivity index (χ2v) is 6.47. The van der Waals surface area contributed by atoms with Crippen molar-refractivity contribution in [3.63, 3.8) is 0 Å². The molecule has 1 aromatic heterocycles. The summed E-state index contributed by atoms with van der Waals surface area (Å²) in [5, 5.41) is 4.42. The van der Waals surface area contributed by atoms with Gasteiger partial charge >= 0.3 is 0 Å². The molecule has 2 aromatic rings. The van der Waals surface area contributed by atoms with Gasteiger partial charge in [0.25, 0.3) is 0 Å². The van der Waals surface area contributed by atoms with Gasteiger partial charge in [0.05, 0.1) is 11.7 Å². The topological polar surface area (TPSA) is 24.9 Å². The summed E-state index contributed by atoms with van der Waals surface area (Å²) in [5.41, 5.74) is 3.04. The summed E-state index contributed by atoms with van der Waals surface area (Å²) in [5.74, 6) is -0.151. The van der Waals surface area contributed by atoms with E-state index in [0.29, 0.717) is 5.56 Å². The first kappa shape index (κ1) is 13.7. The van der Waals surface area contributed by atoms with Gasteiger partial charge in [0, 0.05) is 4.88 Å². The molecule has 0 spiro atoms. The number of hydrogen-bond donors (Lipinski definition) is 1. The van der Waals surface area contributed by atoms with Crippen LogP contribution in [0.4, 0.5) is 4.39 Å². The molecule has 0 amide bonds. The number of hydrogen-bond acceptors (Lipinski definition) is 3. The average Bonchev–Trinajstić information content (AvgIpc) is 2.87. The quantitative estimate of drug-likeness (QED) is 0.930. The van der Waals surface area contributed by atoms with Crippen molar-refractivity contribution in [3.05, 3.63) is 50.7 Å². The van der Waals surface area contributed by atoms with E-state index >= 15 is 0 Å². The van der Waals surface area contributed by atoms with Crippen molar-refractivity contribution in [2.24, 2.45) is 0 Å². The maximum absolute atomic E-state index is 13.4. The van der Waals surface area contributed by atoms with Crippen LogP contribution in [0.2, 0.25) is 0 Å². The highest BCUT2D eigenvalue weighted by Crippen LogP contribution is 2.32. The highest BCUT2D eigenvalue weighted by molar-refractivity contribution is 7.11. The fourth-order valence-electron chi connectivity index (χ4n) is 2.78. The maximum atomic E-state index is 13.4. The number of aryl methyl sites for hydroxylation is 3. The number of nitrogens with zero attached hydrogens (tertiary/aromatic N) is 1. The van der Waals surface area contributed by atoms with Gasteiger partial charge in [0.15, 0.2) is 0 Å². The van der Waals surface area contributed by atoms with Gasteiger partial charge < -0.3 is 5.32 Å². The molecule has 0 saturated heterocycles. The molecule has 1 unspecified atom stereocenters. The lowest BCUT2D eigenvalue weighted by Gasteiger charge is -2.14. The molecule has 2 nitrogen and oxygen atoms in total. The minimum Gasteiger partial charge on any atom is -0.307 e. The average molecular weight is 290 g/mol. The molecule has 106 valence electrons. The van der Waals surface area contributed by atoms with E-state index in [9.17, 15) is 4.39 Å². The van der Waals surface area contributed by atoms with Crippen molar-refractivity contribution in [3.8, 4) is 0 Å². The van der Waals surface area contributed by atoms with E-state index in [0.717, 1.165) is 23.4 Å². The Kier molecular flexibility index (Phi) is 3.85. The summed E-state index contributed by atoms with van der Waals surface area (Å²) in [4.78, 5) is 6.25. The molecule has 1 aliphatic carbocycles. The molecule has 1 heterocycles. The van der Waals surface area contributed by atoms with E-state index in [1.807, 2.05) is 19.2 Å². The molecule has 0 bridgehead atoms. The van der Waals surface area contributed by atoms with Crippen LogP contribution in [0.3, 0.4) is 0 Å². The third-order valence-corrected chi connectivity index (χ3v) is 5.14. The SMILES string of the molecule is CNC(c1ccc(F)c(C)c1)c1nc2c(s1)CCCC2. The first-order chi connectivity index (χ1) is 9.69. The van der Waals surface area contributed by atoms with Crippen molar-refractivity contribution < 1.29 is 4.39 Å². The van der Waals surface area contributed by atoms with Gasteiger partial charge in [-0.15, -0.1) is 11.3 Å². The lowest BCUT2D eigenvalue weighted by Crippen LogP contribution is -2.17. The van der Waals surface area contributed by atoms with Gasteiger partial charge in [-0.2, -0.15) is 0 Å². The lowest BCUT2D eigenvalue weighted by atomic mass is 10.0. The van der Waals surface area contributed by atoms with Crippen LogP contribution >= 0.6 is 11.3 Å². The maximum Gasteiger partial charge on any atom is 0.126 e. The number of benzene rings is 1. The number of thiazole rings is 1. The van der Waals surface area contributed by atoms with Gasteiger partial charge in [-0.1, -0.05) is 12.1 Å². The van der Waals surface area contributed by atoms with Crippen LogP contribution in [-0.2, 0) is 12.8 Å². The summed E-state index contributed by atoms with van der Waals surface area (Å²) >= 11 is 1.81. The summed E-state index contributed by atoms with van der Waals surface area (Å²) in [6.45, 7) is 1.80. The minimum atomic E-state index is -0.151. The first-order valence-electron chi connectivity index (χ1n) is 7.11. The van der Waals surface area contributed by atoms with Crippen LogP contribution in [0, 0.1) is 12.7 Å². The number of nitrogens with one attached hydrogen (secondary N) is 1. The Bertz CT molecular complexity index is 597. The molecule has 0 aliphatic heterocycles. The molecule has 1 aliphatic rings. The summed E-state index contributed by atoms with van der Waals surface area (Å²) in [6.07, 6.45) is 4.78.